The molecule has 0 saturated carbocycles. The fourth-order valence-corrected chi connectivity index (χ4v) is 6.54. The highest BCUT2D eigenvalue weighted by Crippen LogP contribution is 2.63. The number of carbonyl (C=O) groups is 3. The molecule has 5 atom stereocenters. The first-order valence-corrected chi connectivity index (χ1v) is 13.5. The molecule has 0 aromatic heterocycles. The van der Waals surface area contributed by atoms with Crippen LogP contribution in [0.15, 0.2) is 18.2 Å². The molecule has 36 heavy (non-hydrogen) atoms. The minimum Gasteiger partial charge on any atom is -0.396 e. The maximum Gasteiger partial charge on any atom is 0.250 e. The summed E-state index contributed by atoms with van der Waals surface area (Å²) in [5.41, 5.74) is 0.943. The Morgan fingerprint density at radius 3 is 2.61 bits per heavy atom. The molecule has 8 nitrogen and oxygen atoms in total. The molecule has 0 aliphatic carbocycles. The topological polar surface area (TPSA) is 108 Å². The first-order valence-electron chi connectivity index (χ1n) is 13.5. The van der Waals surface area contributed by atoms with E-state index >= 15 is 0 Å². The SMILES string of the molecule is CCCNC(=O)[C@@H]1[C@H]2C(=O)N(CCCCCCO)C(C(=O)Nc3cc(C)ccc3C)C23CC[C@@]1(C)O3. The van der Waals surface area contributed by atoms with Gasteiger partial charge in [-0.25, -0.2) is 0 Å². The smallest absolute Gasteiger partial charge is 0.250 e. The summed E-state index contributed by atoms with van der Waals surface area (Å²) in [6.45, 7) is 8.96. The van der Waals surface area contributed by atoms with E-state index in [1.807, 2.05) is 45.9 Å². The fraction of sp³-hybridized carbons (Fsp3) is 0.679. The molecule has 1 aromatic rings. The van der Waals surface area contributed by atoms with Crippen molar-refractivity contribution < 1.29 is 24.2 Å². The van der Waals surface area contributed by atoms with Gasteiger partial charge in [-0.3, -0.25) is 14.4 Å². The third kappa shape index (κ3) is 4.54. The van der Waals surface area contributed by atoms with Gasteiger partial charge < -0.3 is 25.4 Å². The van der Waals surface area contributed by atoms with E-state index in [2.05, 4.69) is 10.6 Å². The molecule has 0 radical (unpaired) electrons. The third-order valence-electron chi connectivity index (χ3n) is 8.31. The first-order chi connectivity index (χ1) is 17.2. The van der Waals surface area contributed by atoms with Gasteiger partial charge in [0.05, 0.1) is 17.4 Å². The van der Waals surface area contributed by atoms with Crippen LogP contribution in [0.2, 0.25) is 0 Å². The number of aliphatic hydroxyl groups is 1. The zero-order valence-electron chi connectivity index (χ0n) is 22.1. The van der Waals surface area contributed by atoms with E-state index in [1.54, 1.807) is 4.90 Å². The average molecular weight is 500 g/mol. The van der Waals surface area contributed by atoms with Crippen LogP contribution in [0, 0.1) is 25.7 Å². The zero-order valence-corrected chi connectivity index (χ0v) is 22.1. The lowest BCUT2D eigenvalue weighted by Crippen LogP contribution is -2.53. The van der Waals surface area contributed by atoms with Crippen LogP contribution < -0.4 is 10.6 Å². The highest BCUT2D eigenvalue weighted by atomic mass is 16.5. The Balaban J connectivity index is 1.66. The molecule has 3 aliphatic heterocycles. The van der Waals surface area contributed by atoms with Gasteiger partial charge in [-0.05, 0) is 70.1 Å². The number of ether oxygens (including phenoxy) is 1. The Hall–Kier alpha value is -2.45. The highest BCUT2D eigenvalue weighted by Gasteiger charge is 2.77. The number of aliphatic hydroxyl groups excluding tert-OH is 1. The third-order valence-corrected chi connectivity index (χ3v) is 8.31. The van der Waals surface area contributed by atoms with Crippen LogP contribution in [0.5, 0.6) is 0 Å². The number of unbranched alkanes of at least 4 members (excludes halogenated alkanes) is 3. The minimum atomic E-state index is -1.01. The number of amides is 3. The summed E-state index contributed by atoms with van der Waals surface area (Å²) >= 11 is 0. The Labute approximate surface area is 214 Å². The molecule has 3 amide bonds. The quantitative estimate of drug-likeness (QED) is 0.406. The van der Waals surface area contributed by atoms with Gasteiger partial charge in [-0.15, -0.1) is 0 Å². The van der Waals surface area contributed by atoms with Gasteiger partial charge in [0.15, 0.2) is 0 Å². The summed E-state index contributed by atoms with van der Waals surface area (Å²) in [6, 6.07) is 5.11. The van der Waals surface area contributed by atoms with Crippen molar-refractivity contribution in [3.05, 3.63) is 29.3 Å². The summed E-state index contributed by atoms with van der Waals surface area (Å²) in [5.74, 6) is -1.84. The van der Waals surface area contributed by atoms with E-state index in [0.717, 1.165) is 48.9 Å². The van der Waals surface area contributed by atoms with Gasteiger partial charge in [0, 0.05) is 25.4 Å². The molecular weight excluding hydrogens is 458 g/mol. The lowest BCUT2D eigenvalue weighted by atomic mass is 9.66. The van der Waals surface area contributed by atoms with Gasteiger partial charge >= 0.3 is 0 Å². The number of nitrogens with one attached hydrogen (secondary N) is 2. The van der Waals surface area contributed by atoms with Crippen molar-refractivity contribution in [2.75, 3.05) is 25.0 Å². The standard InChI is InChI=1S/C28H41N3O5/c1-5-14-29-24(33)21-22-26(35)31(15-8-6-7-9-16-32)23(28(22)13-12-27(21,4)36-28)25(34)30-20-17-18(2)10-11-19(20)3/h10-11,17,21-23,32H,5-9,12-16H2,1-4H3,(H,29,33)(H,30,34)/t21-,22-,23?,27+,28?/m0/s1. The molecule has 3 aliphatic rings. The molecule has 1 spiro atoms. The van der Waals surface area contributed by atoms with E-state index < -0.39 is 29.1 Å². The van der Waals surface area contributed by atoms with Crippen LogP contribution in [0.4, 0.5) is 5.69 Å². The number of rotatable bonds is 11. The number of aryl methyl sites for hydroxylation is 2. The number of anilines is 1. The number of likely N-dealkylation sites (tertiary alicyclic amines) is 1. The highest BCUT2D eigenvalue weighted by molar-refractivity contribution is 6.04. The Bertz CT molecular complexity index is 1010. The van der Waals surface area contributed by atoms with Crippen molar-refractivity contribution in [2.24, 2.45) is 11.8 Å². The van der Waals surface area contributed by atoms with Crippen molar-refractivity contribution in [3.8, 4) is 0 Å². The lowest BCUT2D eigenvalue weighted by Gasteiger charge is -2.33. The maximum absolute atomic E-state index is 14.0. The number of fused-ring (bicyclic) bond motifs is 1. The number of benzene rings is 1. The second-order valence-electron chi connectivity index (χ2n) is 11.0. The predicted molar refractivity (Wildman–Crippen MR) is 137 cm³/mol. The van der Waals surface area contributed by atoms with Gasteiger partial charge in [0.2, 0.25) is 17.7 Å². The number of carbonyl (C=O) groups excluding carboxylic acids is 3. The van der Waals surface area contributed by atoms with E-state index in [1.165, 1.54) is 0 Å². The second kappa shape index (κ2) is 10.5. The Morgan fingerprint density at radius 2 is 1.89 bits per heavy atom. The molecule has 3 N–H and O–H groups in total. The second-order valence-corrected chi connectivity index (χ2v) is 11.0. The molecule has 3 saturated heterocycles. The first kappa shape index (κ1) is 26.6. The molecule has 3 heterocycles. The van der Waals surface area contributed by atoms with Gasteiger partial charge in [0.25, 0.3) is 0 Å². The summed E-state index contributed by atoms with van der Waals surface area (Å²) < 4.78 is 6.64. The number of hydrogen-bond donors (Lipinski definition) is 3. The molecule has 4 rings (SSSR count). The van der Waals surface area contributed by atoms with Crippen molar-refractivity contribution >= 4 is 23.4 Å². The monoisotopic (exact) mass is 499 g/mol. The Kier molecular flexibility index (Phi) is 7.76. The number of nitrogens with zero attached hydrogens (tertiary/aromatic N) is 1. The van der Waals surface area contributed by atoms with Gasteiger partial charge in [0.1, 0.15) is 11.6 Å². The fourth-order valence-electron chi connectivity index (χ4n) is 6.54. The van der Waals surface area contributed by atoms with E-state index in [4.69, 9.17) is 9.84 Å². The van der Waals surface area contributed by atoms with Crippen molar-refractivity contribution in [3.63, 3.8) is 0 Å². The zero-order chi connectivity index (χ0) is 26.1. The molecule has 3 fully saturated rings. The molecule has 2 unspecified atom stereocenters. The predicted octanol–water partition coefficient (Wildman–Crippen LogP) is 3.09. The van der Waals surface area contributed by atoms with Crippen LogP contribution in [-0.4, -0.2) is 64.7 Å². The molecule has 2 bridgehead atoms. The van der Waals surface area contributed by atoms with Crippen LogP contribution in [-0.2, 0) is 19.1 Å². The normalized spacial score (nSPS) is 30.5. The average Bonchev–Trinajstić information content (AvgIpc) is 3.40. The lowest BCUT2D eigenvalue weighted by molar-refractivity contribution is -0.144. The summed E-state index contributed by atoms with van der Waals surface area (Å²) in [4.78, 5) is 42.8. The van der Waals surface area contributed by atoms with Gasteiger partial charge in [-0.2, -0.15) is 0 Å². The van der Waals surface area contributed by atoms with E-state index in [-0.39, 0.29) is 24.3 Å². The largest absolute Gasteiger partial charge is 0.396 e. The summed E-state index contributed by atoms with van der Waals surface area (Å²) in [6.07, 6.45) is 5.18. The Morgan fingerprint density at radius 1 is 1.14 bits per heavy atom. The van der Waals surface area contributed by atoms with Crippen LogP contribution in [0.1, 0.15) is 69.9 Å². The van der Waals surface area contributed by atoms with Gasteiger partial charge in [-0.1, -0.05) is 31.9 Å². The molecular formula is C28H41N3O5. The summed E-state index contributed by atoms with van der Waals surface area (Å²) in [5, 5.41) is 15.2. The van der Waals surface area contributed by atoms with Crippen molar-refractivity contribution in [1.82, 2.24) is 10.2 Å². The van der Waals surface area contributed by atoms with E-state index in [0.29, 0.717) is 25.9 Å². The maximum atomic E-state index is 14.0. The molecule has 8 heteroatoms. The number of hydrogen-bond acceptors (Lipinski definition) is 5. The van der Waals surface area contributed by atoms with E-state index in [9.17, 15) is 14.4 Å². The van der Waals surface area contributed by atoms with Crippen LogP contribution in [0.25, 0.3) is 0 Å². The minimum absolute atomic E-state index is 0.148. The van der Waals surface area contributed by atoms with Crippen molar-refractivity contribution in [1.29, 1.82) is 0 Å². The van der Waals surface area contributed by atoms with Crippen molar-refractivity contribution in [2.45, 2.75) is 89.9 Å². The molecule has 198 valence electrons. The van der Waals surface area contributed by atoms with Crippen LogP contribution >= 0.6 is 0 Å². The summed E-state index contributed by atoms with van der Waals surface area (Å²) in [7, 11) is 0. The molecule has 1 aromatic carbocycles. The van der Waals surface area contributed by atoms with Crippen LogP contribution in [0.3, 0.4) is 0 Å².